The molecule has 2 rings (SSSR count). The SMILES string of the molecule is CC(=O)C=C1CCC2(CCCC2)CC1. The Bertz CT molecular complexity index is 244. The molecule has 2 aliphatic rings. The number of rotatable bonds is 1. The van der Waals surface area contributed by atoms with Gasteiger partial charge in [-0.2, -0.15) is 0 Å². The van der Waals surface area contributed by atoms with E-state index < -0.39 is 0 Å². The minimum atomic E-state index is 0.224. The molecule has 0 aromatic carbocycles. The highest BCUT2D eigenvalue weighted by Gasteiger charge is 2.35. The topological polar surface area (TPSA) is 17.1 Å². The van der Waals surface area contributed by atoms with Crippen LogP contribution in [0.15, 0.2) is 11.6 Å². The van der Waals surface area contributed by atoms with Gasteiger partial charge in [-0.15, -0.1) is 0 Å². The van der Waals surface area contributed by atoms with Gasteiger partial charge in [-0.05, 0) is 56.9 Å². The summed E-state index contributed by atoms with van der Waals surface area (Å²) < 4.78 is 0. The van der Waals surface area contributed by atoms with Crippen LogP contribution in [0.25, 0.3) is 0 Å². The lowest BCUT2D eigenvalue weighted by molar-refractivity contribution is -0.112. The van der Waals surface area contributed by atoms with Gasteiger partial charge in [-0.1, -0.05) is 18.4 Å². The smallest absolute Gasteiger partial charge is 0.152 e. The number of carbonyl (C=O) groups is 1. The van der Waals surface area contributed by atoms with Crippen molar-refractivity contribution in [2.24, 2.45) is 5.41 Å². The van der Waals surface area contributed by atoms with Crippen molar-refractivity contribution >= 4 is 5.78 Å². The average Bonchev–Trinajstić information content (AvgIpc) is 2.58. The summed E-state index contributed by atoms with van der Waals surface area (Å²) in [6, 6.07) is 0. The zero-order valence-electron chi connectivity index (χ0n) is 9.14. The van der Waals surface area contributed by atoms with Gasteiger partial charge in [0, 0.05) is 0 Å². The van der Waals surface area contributed by atoms with Gasteiger partial charge in [0.25, 0.3) is 0 Å². The molecule has 78 valence electrons. The second kappa shape index (κ2) is 3.88. The fourth-order valence-electron chi connectivity index (χ4n) is 3.16. The first-order valence-electron chi connectivity index (χ1n) is 5.90. The molecule has 0 atom stereocenters. The van der Waals surface area contributed by atoms with E-state index in [2.05, 4.69) is 0 Å². The minimum absolute atomic E-state index is 0.224. The van der Waals surface area contributed by atoms with Crippen molar-refractivity contribution in [1.29, 1.82) is 0 Å². The van der Waals surface area contributed by atoms with Crippen LogP contribution < -0.4 is 0 Å². The van der Waals surface area contributed by atoms with Gasteiger partial charge in [-0.25, -0.2) is 0 Å². The van der Waals surface area contributed by atoms with E-state index in [1.54, 1.807) is 6.92 Å². The Hall–Kier alpha value is -0.590. The van der Waals surface area contributed by atoms with Gasteiger partial charge < -0.3 is 0 Å². The molecule has 0 saturated heterocycles. The second-order valence-corrected chi connectivity index (χ2v) is 5.12. The average molecular weight is 192 g/mol. The molecule has 0 unspecified atom stereocenters. The summed E-state index contributed by atoms with van der Waals surface area (Å²) in [7, 11) is 0. The Balaban J connectivity index is 1.94. The van der Waals surface area contributed by atoms with Gasteiger partial charge in [0.2, 0.25) is 0 Å². The highest BCUT2D eigenvalue weighted by molar-refractivity contribution is 5.87. The molecular weight excluding hydrogens is 172 g/mol. The summed E-state index contributed by atoms with van der Waals surface area (Å²) in [6.45, 7) is 1.66. The van der Waals surface area contributed by atoms with Crippen LogP contribution in [0.4, 0.5) is 0 Å². The number of ketones is 1. The van der Waals surface area contributed by atoms with Crippen LogP contribution in [-0.2, 0) is 4.79 Å². The maximum absolute atomic E-state index is 10.9. The second-order valence-electron chi connectivity index (χ2n) is 5.12. The molecule has 2 aliphatic carbocycles. The third kappa shape index (κ3) is 2.08. The highest BCUT2D eigenvalue weighted by atomic mass is 16.1. The van der Waals surface area contributed by atoms with Crippen LogP contribution in [0.5, 0.6) is 0 Å². The Kier molecular flexibility index (Phi) is 2.76. The molecule has 1 spiro atoms. The predicted molar refractivity (Wildman–Crippen MR) is 58.1 cm³/mol. The molecule has 0 aliphatic heterocycles. The van der Waals surface area contributed by atoms with E-state index >= 15 is 0 Å². The Morgan fingerprint density at radius 3 is 2.21 bits per heavy atom. The molecule has 0 bridgehead atoms. The normalized spacial score (nSPS) is 25.4. The first-order valence-corrected chi connectivity index (χ1v) is 5.90. The van der Waals surface area contributed by atoms with Gasteiger partial charge in [0.15, 0.2) is 5.78 Å². The van der Waals surface area contributed by atoms with E-state index in [-0.39, 0.29) is 5.78 Å². The summed E-state index contributed by atoms with van der Waals surface area (Å²) in [5, 5.41) is 0. The molecule has 2 saturated carbocycles. The van der Waals surface area contributed by atoms with Crippen LogP contribution >= 0.6 is 0 Å². The van der Waals surface area contributed by atoms with Crippen molar-refractivity contribution in [3.05, 3.63) is 11.6 Å². The van der Waals surface area contributed by atoms with E-state index in [1.807, 2.05) is 6.08 Å². The first kappa shape index (κ1) is 9.95. The van der Waals surface area contributed by atoms with E-state index in [0.717, 1.165) is 0 Å². The molecular formula is C13H20O. The number of hydrogen-bond donors (Lipinski definition) is 0. The third-order valence-corrected chi connectivity index (χ3v) is 4.02. The standard InChI is InChI=1S/C13H20O/c1-11(14)10-12-4-8-13(9-5-12)6-2-3-7-13/h10H,2-9H2,1H3. The lowest BCUT2D eigenvalue weighted by Gasteiger charge is -2.34. The van der Waals surface area contributed by atoms with Crippen molar-refractivity contribution < 1.29 is 4.79 Å². The number of carbonyl (C=O) groups excluding carboxylic acids is 1. The molecule has 2 fully saturated rings. The lowest BCUT2D eigenvalue weighted by atomic mass is 9.71. The predicted octanol–water partition coefficient (Wildman–Crippen LogP) is 3.64. The van der Waals surface area contributed by atoms with E-state index in [0.29, 0.717) is 5.41 Å². The van der Waals surface area contributed by atoms with Crippen molar-refractivity contribution in [3.8, 4) is 0 Å². The molecule has 14 heavy (non-hydrogen) atoms. The molecule has 1 nitrogen and oxygen atoms in total. The molecule has 0 heterocycles. The number of hydrogen-bond acceptors (Lipinski definition) is 1. The van der Waals surface area contributed by atoms with Crippen molar-refractivity contribution in [2.75, 3.05) is 0 Å². The maximum Gasteiger partial charge on any atom is 0.152 e. The van der Waals surface area contributed by atoms with Crippen LogP contribution in [0.3, 0.4) is 0 Å². The Morgan fingerprint density at radius 2 is 1.71 bits per heavy atom. The monoisotopic (exact) mass is 192 g/mol. The number of allylic oxidation sites excluding steroid dienone is 2. The summed E-state index contributed by atoms with van der Waals surface area (Å²) >= 11 is 0. The maximum atomic E-state index is 10.9. The Labute approximate surface area is 86.6 Å². The van der Waals surface area contributed by atoms with Gasteiger partial charge in [0.1, 0.15) is 0 Å². The van der Waals surface area contributed by atoms with E-state index in [1.165, 1.54) is 56.9 Å². The third-order valence-electron chi connectivity index (χ3n) is 4.02. The lowest BCUT2D eigenvalue weighted by Crippen LogP contribution is -2.21. The van der Waals surface area contributed by atoms with Crippen LogP contribution in [0.1, 0.15) is 58.3 Å². The van der Waals surface area contributed by atoms with Crippen molar-refractivity contribution in [3.63, 3.8) is 0 Å². The van der Waals surface area contributed by atoms with Crippen LogP contribution in [0, 0.1) is 5.41 Å². The molecule has 0 aromatic heterocycles. The van der Waals surface area contributed by atoms with Crippen LogP contribution in [-0.4, -0.2) is 5.78 Å². The molecule has 0 amide bonds. The molecule has 0 aromatic rings. The zero-order valence-corrected chi connectivity index (χ0v) is 9.14. The van der Waals surface area contributed by atoms with E-state index in [9.17, 15) is 4.79 Å². The van der Waals surface area contributed by atoms with E-state index in [4.69, 9.17) is 0 Å². The summed E-state index contributed by atoms with van der Waals surface area (Å²) in [4.78, 5) is 10.9. The zero-order chi connectivity index (χ0) is 10.0. The fraction of sp³-hybridized carbons (Fsp3) is 0.769. The van der Waals surface area contributed by atoms with Crippen LogP contribution in [0.2, 0.25) is 0 Å². The van der Waals surface area contributed by atoms with Gasteiger partial charge >= 0.3 is 0 Å². The first-order chi connectivity index (χ1) is 6.70. The molecule has 1 heteroatoms. The van der Waals surface area contributed by atoms with Crippen molar-refractivity contribution in [2.45, 2.75) is 58.3 Å². The van der Waals surface area contributed by atoms with Gasteiger partial charge in [-0.3, -0.25) is 4.79 Å². The molecule has 0 N–H and O–H groups in total. The summed E-state index contributed by atoms with van der Waals surface area (Å²) in [5.41, 5.74) is 2.09. The van der Waals surface area contributed by atoms with Crippen molar-refractivity contribution in [1.82, 2.24) is 0 Å². The fourth-order valence-corrected chi connectivity index (χ4v) is 3.16. The summed E-state index contributed by atoms with van der Waals surface area (Å²) in [5.74, 6) is 0.224. The van der Waals surface area contributed by atoms with Gasteiger partial charge in [0.05, 0.1) is 0 Å². The quantitative estimate of drug-likeness (QED) is 0.580. The molecule has 0 radical (unpaired) electrons. The largest absolute Gasteiger partial charge is 0.295 e. The summed E-state index contributed by atoms with van der Waals surface area (Å²) in [6.07, 6.45) is 12.7. The highest BCUT2D eigenvalue weighted by Crippen LogP contribution is 2.49. The minimum Gasteiger partial charge on any atom is -0.295 e. The Morgan fingerprint density at radius 1 is 1.14 bits per heavy atom.